The van der Waals surface area contributed by atoms with Gasteiger partial charge in [-0.05, 0) is 26.2 Å². The molecular formula is C13H20N4O4. The SMILES string of the molecule is CCC1(C(=O)O)CCN(C(=O)NCc2nc(C)no2)CC1. The fourth-order valence-electron chi connectivity index (χ4n) is 2.53. The van der Waals surface area contributed by atoms with Crippen LogP contribution in [0.2, 0.25) is 0 Å². The van der Waals surface area contributed by atoms with E-state index < -0.39 is 11.4 Å². The summed E-state index contributed by atoms with van der Waals surface area (Å²) in [4.78, 5) is 29.0. The van der Waals surface area contributed by atoms with Crippen molar-refractivity contribution in [2.24, 2.45) is 5.41 Å². The summed E-state index contributed by atoms with van der Waals surface area (Å²) in [6.07, 6.45) is 1.54. The van der Waals surface area contributed by atoms with Crippen LogP contribution in [0.15, 0.2) is 4.52 Å². The van der Waals surface area contributed by atoms with Gasteiger partial charge in [-0.1, -0.05) is 12.1 Å². The number of rotatable bonds is 4. The van der Waals surface area contributed by atoms with Crippen molar-refractivity contribution in [3.05, 3.63) is 11.7 Å². The van der Waals surface area contributed by atoms with Gasteiger partial charge in [0.1, 0.15) is 0 Å². The van der Waals surface area contributed by atoms with Gasteiger partial charge in [-0.25, -0.2) is 4.79 Å². The second-order valence-electron chi connectivity index (χ2n) is 5.32. The minimum absolute atomic E-state index is 0.175. The minimum Gasteiger partial charge on any atom is -0.481 e. The normalized spacial score (nSPS) is 17.5. The number of likely N-dealkylation sites (tertiary alicyclic amines) is 1. The Morgan fingerprint density at radius 2 is 2.10 bits per heavy atom. The predicted octanol–water partition coefficient (Wildman–Crippen LogP) is 1.16. The number of carboxylic acid groups (broad SMARTS) is 1. The summed E-state index contributed by atoms with van der Waals surface area (Å²) in [7, 11) is 0. The molecule has 0 aromatic carbocycles. The summed E-state index contributed by atoms with van der Waals surface area (Å²) in [5.41, 5.74) is -0.694. The molecule has 8 nitrogen and oxygen atoms in total. The highest BCUT2D eigenvalue weighted by atomic mass is 16.5. The van der Waals surface area contributed by atoms with Crippen LogP contribution in [-0.4, -0.2) is 45.2 Å². The molecule has 2 N–H and O–H groups in total. The highest BCUT2D eigenvalue weighted by Gasteiger charge is 2.40. The summed E-state index contributed by atoms with van der Waals surface area (Å²) < 4.78 is 4.91. The Balaban J connectivity index is 1.84. The first kappa shape index (κ1) is 15.3. The van der Waals surface area contributed by atoms with Crippen molar-refractivity contribution in [2.45, 2.75) is 39.7 Å². The highest BCUT2D eigenvalue weighted by Crippen LogP contribution is 2.35. The van der Waals surface area contributed by atoms with Gasteiger partial charge in [0.25, 0.3) is 0 Å². The van der Waals surface area contributed by atoms with Crippen molar-refractivity contribution in [3.8, 4) is 0 Å². The van der Waals surface area contributed by atoms with Crippen molar-refractivity contribution in [1.82, 2.24) is 20.4 Å². The van der Waals surface area contributed by atoms with E-state index in [0.29, 0.717) is 44.1 Å². The molecule has 116 valence electrons. The molecule has 21 heavy (non-hydrogen) atoms. The van der Waals surface area contributed by atoms with Gasteiger partial charge in [-0.3, -0.25) is 4.79 Å². The quantitative estimate of drug-likeness (QED) is 0.863. The average Bonchev–Trinajstić information content (AvgIpc) is 2.90. The number of hydrogen-bond acceptors (Lipinski definition) is 5. The molecule has 1 aromatic rings. The number of carboxylic acids is 1. The first-order chi connectivity index (χ1) is 9.97. The molecule has 8 heteroatoms. The van der Waals surface area contributed by atoms with Gasteiger partial charge in [0, 0.05) is 13.1 Å². The number of amides is 2. The zero-order valence-corrected chi connectivity index (χ0v) is 12.3. The van der Waals surface area contributed by atoms with Crippen LogP contribution in [0.1, 0.15) is 37.9 Å². The second-order valence-corrected chi connectivity index (χ2v) is 5.32. The Morgan fingerprint density at radius 1 is 1.43 bits per heavy atom. The van der Waals surface area contributed by atoms with E-state index >= 15 is 0 Å². The summed E-state index contributed by atoms with van der Waals surface area (Å²) >= 11 is 0. The first-order valence-electron chi connectivity index (χ1n) is 7.02. The Morgan fingerprint density at radius 3 is 2.57 bits per heavy atom. The summed E-state index contributed by atoms with van der Waals surface area (Å²) in [5.74, 6) is 0.101. The van der Waals surface area contributed by atoms with Gasteiger partial charge in [-0.2, -0.15) is 4.98 Å². The van der Waals surface area contributed by atoms with Crippen LogP contribution >= 0.6 is 0 Å². The smallest absolute Gasteiger partial charge is 0.317 e. The third-order valence-corrected chi connectivity index (χ3v) is 4.10. The van der Waals surface area contributed by atoms with Gasteiger partial charge in [-0.15, -0.1) is 0 Å². The molecule has 0 bridgehead atoms. The van der Waals surface area contributed by atoms with Gasteiger partial charge in [0.15, 0.2) is 5.82 Å². The molecule has 2 rings (SSSR count). The van der Waals surface area contributed by atoms with Gasteiger partial charge in [0.2, 0.25) is 5.89 Å². The van der Waals surface area contributed by atoms with E-state index in [2.05, 4.69) is 15.5 Å². The number of nitrogens with one attached hydrogen (secondary N) is 1. The number of aliphatic carboxylic acids is 1. The van der Waals surface area contributed by atoms with Crippen LogP contribution in [0.3, 0.4) is 0 Å². The average molecular weight is 296 g/mol. The van der Waals surface area contributed by atoms with E-state index in [4.69, 9.17) is 4.52 Å². The molecule has 0 saturated carbocycles. The number of piperidine rings is 1. The standard InChI is InChI=1S/C13H20N4O4/c1-3-13(11(18)19)4-6-17(7-5-13)12(20)14-8-10-15-9(2)16-21-10/h3-8H2,1-2H3,(H,14,20)(H,18,19). The second kappa shape index (κ2) is 6.11. The van der Waals surface area contributed by atoms with E-state index in [-0.39, 0.29) is 12.6 Å². The molecule has 0 radical (unpaired) electrons. The molecule has 0 unspecified atom stereocenters. The van der Waals surface area contributed by atoms with Crippen LogP contribution in [0.4, 0.5) is 4.79 Å². The Labute approximate surface area is 122 Å². The maximum absolute atomic E-state index is 12.0. The molecule has 1 saturated heterocycles. The summed E-state index contributed by atoms with van der Waals surface area (Å²) in [5, 5.41) is 15.7. The lowest BCUT2D eigenvalue weighted by Gasteiger charge is -2.38. The fraction of sp³-hybridized carbons (Fsp3) is 0.692. The molecule has 0 aliphatic carbocycles. The molecule has 1 aromatic heterocycles. The number of aromatic nitrogens is 2. The van der Waals surface area contributed by atoms with Crippen LogP contribution in [0.5, 0.6) is 0 Å². The number of carbonyl (C=O) groups excluding carboxylic acids is 1. The van der Waals surface area contributed by atoms with Crippen LogP contribution in [0, 0.1) is 12.3 Å². The van der Waals surface area contributed by atoms with Gasteiger partial charge >= 0.3 is 12.0 Å². The highest BCUT2D eigenvalue weighted by molar-refractivity contribution is 5.77. The lowest BCUT2D eigenvalue weighted by molar-refractivity contribution is -0.151. The van der Waals surface area contributed by atoms with Crippen LogP contribution in [-0.2, 0) is 11.3 Å². The monoisotopic (exact) mass is 296 g/mol. The Bertz CT molecular complexity index is 520. The Hall–Kier alpha value is -2.12. The molecule has 2 heterocycles. The van der Waals surface area contributed by atoms with Gasteiger partial charge < -0.3 is 19.8 Å². The third kappa shape index (κ3) is 3.32. The van der Waals surface area contributed by atoms with Crippen molar-refractivity contribution in [1.29, 1.82) is 0 Å². The number of urea groups is 1. The van der Waals surface area contributed by atoms with Crippen molar-refractivity contribution >= 4 is 12.0 Å². The molecule has 1 aliphatic heterocycles. The number of carbonyl (C=O) groups is 2. The third-order valence-electron chi connectivity index (χ3n) is 4.10. The topological polar surface area (TPSA) is 109 Å². The molecule has 0 spiro atoms. The van der Waals surface area contributed by atoms with E-state index in [9.17, 15) is 14.7 Å². The van der Waals surface area contributed by atoms with E-state index in [1.807, 2.05) is 6.92 Å². The Kier molecular flexibility index (Phi) is 4.44. The molecule has 1 aliphatic rings. The lowest BCUT2D eigenvalue weighted by atomic mass is 9.76. The molecule has 2 amide bonds. The van der Waals surface area contributed by atoms with Crippen LogP contribution in [0.25, 0.3) is 0 Å². The van der Waals surface area contributed by atoms with E-state index in [0.717, 1.165) is 0 Å². The van der Waals surface area contributed by atoms with Gasteiger partial charge in [0.05, 0.1) is 12.0 Å². The maximum atomic E-state index is 12.0. The van der Waals surface area contributed by atoms with Crippen molar-refractivity contribution in [3.63, 3.8) is 0 Å². The van der Waals surface area contributed by atoms with Crippen molar-refractivity contribution < 1.29 is 19.2 Å². The number of hydrogen-bond donors (Lipinski definition) is 2. The minimum atomic E-state index is -0.772. The first-order valence-corrected chi connectivity index (χ1v) is 7.02. The zero-order chi connectivity index (χ0) is 15.5. The number of aryl methyl sites for hydroxylation is 1. The van der Waals surface area contributed by atoms with Crippen LogP contribution < -0.4 is 5.32 Å². The molecule has 1 fully saturated rings. The van der Waals surface area contributed by atoms with E-state index in [1.54, 1.807) is 11.8 Å². The summed E-state index contributed by atoms with van der Waals surface area (Å²) in [6, 6.07) is -0.235. The molecular weight excluding hydrogens is 276 g/mol. The summed E-state index contributed by atoms with van der Waals surface area (Å²) in [6.45, 7) is 4.63. The molecule has 0 atom stereocenters. The largest absolute Gasteiger partial charge is 0.481 e. The predicted molar refractivity (Wildman–Crippen MR) is 72.4 cm³/mol. The lowest BCUT2D eigenvalue weighted by Crippen LogP contribution is -2.49. The van der Waals surface area contributed by atoms with Crippen molar-refractivity contribution in [2.75, 3.05) is 13.1 Å². The van der Waals surface area contributed by atoms with E-state index in [1.165, 1.54) is 0 Å². The zero-order valence-electron chi connectivity index (χ0n) is 12.3. The fourth-order valence-corrected chi connectivity index (χ4v) is 2.53. The number of nitrogens with zero attached hydrogens (tertiary/aromatic N) is 3. The maximum Gasteiger partial charge on any atom is 0.317 e.